The first-order chi connectivity index (χ1) is 11.3. The first kappa shape index (κ1) is 19.0. The van der Waals surface area contributed by atoms with Gasteiger partial charge in [-0.1, -0.05) is 11.6 Å². The van der Waals surface area contributed by atoms with Crippen LogP contribution in [-0.2, 0) is 4.74 Å². The van der Waals surface area contributed by atoms with Gasteiger partial charge in [0.25, 0.3) is 0 Å². The molecule has 132 valence electrons. The Bertz CT molecular complexity index is 666. The molecule has 0 saturated carbocycles. The molecule has 1 aromatic carbocycles. The number of fused-ring (bicyclic) bond motifs is 1. The molecule has 2 aromatic rings. The molecule has 0 aliphatic carbocycles. The first-order valence-corrected chi connectivity index (χ1v) is 8.07. The normalized spacial score (nSPS) is 15.1. The summed E-state index contributed by atoms with van der Waals surface area (Å²) >= 11 is 6.12. The van der Waals surface area contributed by atoms with Crippen LogP contribution in [0.25, 0.3) is 10.9 Å². The van der Waals surface area contributed by atoms with Crippen LogP contribution < -0.4 is 9.47 Å². The summed E-state index contributed by atoms with van der Waals surface area (Å²) in [7, 11) is 1.62. The molecule has 24 heavy (non-hydrogen) atoms. The molecular formula is C16H21Cl2N3O3. The zero-order valence-corrected chi connectivity index (χ0v) is 15.1. The number of methoxy groups -OCH3 is 1. The molecule has 0 bridgehead atoms. The van der Waals surface area contributed by atoms with Crippen LogP contribution in [0.3, 0.4) is 0 Å². The van der Waals surface area contributed by atoms with E-state index < -0.39 is 0 Å². The predicted octanol–water partition coefficient (Wildman–Crippen LogP) is 2.81. The molecule has 0 spiro atoms. The Kier molecular flexibility index (Phi) is 7.30. The van der Waals surface area contributed by atoms with Crippen molar-refractivity contribution in [3.63, 3.8) is 0 Å². The second kappa shape index (κ2) is 9.22. The number of ether oxygens (including phenoxy) is 3. The Morgan fingerprint density at radius 1 is 1.21 bits per heavy atom. The molecule has 6 nitrogen and oxygen atoms in total. The van der Waals surface area contributed by atoms with E-state index >= 15 is 0 Å². The lowest BCUT2D eigenvalue weighted by molar-refractivity contribution is 0.0357. The third kappa shape index (κ3) is 4.60. The fourth-order valence-electron chi connectivity index (χ4n) is 2.60. The van der Waals surface area contributed by atoms with E-state index in [0.717, 1.165) is 50.2 Å². The van der Waals surface area contributed by atoms with Crippen molar-refractivity contribution in [3.8, 4) is 11.5 Å². The average molecular weight is 374 g/mol. The Hall–Kier alpha value is -1.34. The molecular weight excluding hydrogens is 353 g/mol. The highest BCUT2D eigenvalue weighted by Gasteiger charge is 2.12. The van der Waals surface area contributed by atoms with Crippen LogP contribution in [0.5, 0.6) is 11.5 Å². The molecule has 1 aliphatic heterocycles. The highest BCUT2D eigenvalue weighted by Crippen LogP contribution is 2.33. The summed E-state index contributed by atoms with van der Waals surface area (Å²) in [6.45, 7) is 5.24. The van der Waals surface area contributed by atoms with Crippen LogP contribution in [0.2, 0.25) is 5.15 Å². The highest BCUT2D eigenvalue weighted by atomic mass is 35.5. The number of aromatic nitrogens is 2. The van der Waals surface area contributed by atoms with Crippen molar-refractivity contribution in [2.75, 3.05) is 46.6 Å². The Balaban J connectivity index is 0.00000208. The fraction of sp³-hybridized carbons (Fsp3) is 0.500. The van der Waals surface area contributed by atoms with Gasteiger partial charge < -0.3 is 14.2 Å². The number of hydrogen-bond donors (Lipinski definition) is 0. The SMILES string of the molecule is COc1cc2ncnc(Cl)c2cc1OCCCN1CCOCC1.Cl. The minimum Gasteiger partial charge on any atom is -0.493 e. The van der Waals surface area contributed by atoms with Gasteiger partial charge >= 0.3 is 0 Å². The van der Waals surface area contributed by atoms with E-state index in [1.165, 1.54) is 6.33 Å². The minimum absolute atomic E-state index is 0. The lowest BCUT2D eigenvalue weighted by atomic mass is 10.2. The topological polar surface area (TPSA) is 56.7 Å². The van der Waals surface area contributed by atoms with E-state index in [2.05, 4.69) is 14.9 Å². The second-order valence-electron chi connectivity index (χ2n) is 5.34. The van der Waals surface area contributed by atoms with Crippen LogP contribution in [0.1, 0.15) is 6.42 Å². The number of halogens is 2. The van der Waals surface area contributed by atoms with Gasteiger partial charge in [0.1, 0.15) is 11.5 Å². The summed E-state index contributed by atoms with van der Waals surface area (Å²) < 4.78 is 16.6. The van der Waals surface area contributed by atoms with Crippen molar-refractivity contribution in [3.05, 3.63) is 23.6 Å². The van der Waals surface area contributed by atoms with Crippen molar-refractivity contribution in [1.29, 1.82) is 0 Å². The zero-order valence-electron chi connectivity index (χ0n) is 13.5. The van der Waals surface area contributed by atoms with E-state index in [-0.39, 0.29) is 12.4 Å². The predicted molar refractivity (Wildman–Crippen MR) is 95.7 cm³/mol. The van der Waals surface area contributed by atoms with Gasteiger partial charge in [0.05, 0.1) is 32.4 Å². The molecule has 0 amide bonds. The van der Waals surface area contributed by atoms with Crippen LogP contribution >= 0.6 is 24.0 Å². The van der Waals surface area contributed by atoms with Gasteiger partial charge in [-0.15, -0.1) is 12.4 Å². The lowest BCUT2D eigenvalue weighted by Gasteiger charge is -2.26. The summed E-state index contributed by atoms with van der Waals surface area (Å²) in [6, 6.07) is 3.66. The summed E-state index contributed by atoms with van der Waals surface area (Å²) in [5.74, 6) is 1.32. The van der Waals surface area contributed by atoms with Crippen molar-refractivity contribution < 1.29 is 14.2 Å². The maximum Gasteiger partial charge on any atom is 0.162 e. The van der Waals surface area contributed by atoms with Crippen molar-refractivity contribution in [2.24, 2.45) is 0 Å². The van der Waals surface area contributed by atoms with E-state index in [9.17, 15) is 0 Å². The molecule has 1 saturated heterocycles. The number of morpholine rings is 1. The Labute approximate surface area is 152 Å². The van der Waals surface area contributed by atoms with Crippen molar-refractivity contribution in [1.82, 2.24) is 14.9 Å². The van der Waals surface area contributed by atoms with Gasteiger partial charge in [-0.2, -0.15) is 0 Å². The molecule has 8 heteroatoms. The van der Waals surface area contributed by atoms with Crippen LogP contribution in [0.4, 0.5) is 0 Å². The molecule has 0 radical (unpaired) electrons. The summed E-state index contributed by atoms with van der Waals surface area (Å²) in [6.07, 6.45) is 2.38. The summed E-state index contributed by atoms with van der Waals surface area (Å²) in [4.78, 5) is 10.6. The van der Waals surface area contributed by atoms with E-state index in [1.807, 2.05) is 12.1 Å². The summed E-state index contributed by atoms with van der Waals surface area (Å²) in [5.41, 5.74) is 0.738. The zero-order chi connectivity index (χ0) is 16.1. The molecule has 1 aliphatic rings. The third-order valence-electron chi connectivity index (χ3n) is 3.85. The Morgan fingerprint density at radius 3 is 2.75 bits per heavy atom. The van der Waals surface area contributed by atoms with Gasteiger partial charge in [-0.05, 0) is 12.5 Å². The molecule has 1 fully saturated rings. The standard InChI is InChI=1S/C16H20ClN3O3.ClH/c1-21-14-10-13-12(16(17)19-11-18-13)9-15(14)23-6-2-3-20-4-7-22-8-5-20;/h9-11H,2-8H2,1H3;1H. The largest absolute Gasteiger partial charge is 0.493 e. The van der Waals surface area contributed by atoms with Crippen LogP contribution in [0.15, 0.2) is 18.5 Å². The average Bonchev–Trinajstić information content (AvgIpc) is 2.59. The Morgan fingerprint density at radius 2 is 2.00 bits per heavy atom. The number of rotatable bonds is 6. The van der Waals surface area contributed by atoms with Crippen molar-refractivity contribution >= 4 is 34.9 Å². The van der Waals surface area contributed by atoms with Crippen LogP contribution in [0, 0.1) is 0 Å². The van der Waals surface area contributed by atoms with E-state index in [4.69, 9.17) is 25.8 Å². The van der Waals surface area contributed by atoms with Gasteiger partial charge in [0.15, 0.2) is 11.5 Å². The fourth-order valence-corrected chi connectivity index (χ4v) is 2.79. The monoisotopic (exact) mass is 373 g/mol. The maximum absolute atomic E-state index is 6.12. The lowest BCUT2D eigenvalue weighted by Crippen LogP contribution is -2.37. The smallest absolute Gasteiger partial charge is 0.162 e. The molecule has 0 atom stereocenters. The quantitative estimate of drug-likeness (QED) is 0.573. The summed E-state index contributed by atoms with van der Waals surface area (Å²) in [5, 5.41) is 1.17. The van der Waals surface area contributed by atoms with Crippen molar-refractivity contribution in [2.45, 2.75) is 6.42 Å². The van der Waals surface area contributed by atoms with Gasteiger partial charge in [-0.3, -0.25) is 4.90 Å². The second-order valence-corrected chi connectivity index (χ2v) is 5.70. The minimum atomic E-state index is 0. The first-order valence-electron chi connectivity index (χ1n) is 7.69. The molecule has 1 aromatic heterocycles. The number of nitrogens with zero attached hydrogens (tertiary/aromatic N) is 3. The van der Waals surface area contributed by atoms with E-state index in [1.54, 1.807) is 7.11 Å². The van der Waals surface area contributed by atoms with Crippen LogP contribution in [-0.4, -0.2) is 61.4 Å². The van der Waals surface area contributed by atoms with E-state index in [0.29, 0.717) is 23.3 Å². The molecule has 3 rings (SSSR count). The molecule has 2 heterocycles. The molecule has 0 N–H and O–H groups in total. The number of benzene rings is 1. The number of hydrogen-bond acceptors (Lipinski definition) is 6. The maximum atomic E-state index is 6.12. The van der Waals surface area contributed by atoms with Gasteiger partial charge in [0.2, 0.25) is 0 Å². The van der Waals surface area contributed by atoms with Gasteiger partial charge in [0, 0.05) is 31.1 Å². The van der Waals surface area contributed by atoms with Gasteiger partial charge in [-0.25, -0.2) is 9.97 Å². The molecule has 0 unspecified atom stereocenters. The third-order valence-corrected chi connectivity index (χ3v) is 4.15. The highest BCUT2D eigenvalue weighted by molar-refractivity contribution is 6.34.